The molecule has 0 heterocycles. The number of nitrogens with zero attached hydrogens (tertiary/aromatic N) is 2. The van der Waals surface area contributed by atoms with Crippen LogP contribution in [0, 0.1) is 0 Å². The van der Waals surface area contributed by atoms with Crippen LogP contribution >= 0.6 is 0 Å². The van der Waals surface area contributed by atoms with Crippen molar-refractivity contribution in [2.75, 3.05) is 9.80 Å². The first kappa shape index (κ1) is 30.3. The van der Waals surface area contributed by atoms with Crippen molar-refractivity contribution in [1.29, 1.82) is 0 Å². The van der Waals surface area contributed by atoms with E-state index < -0.39 is 0 Å². The average Bonchev–Trinajstić information content (AvgIpc) is 3.13. The Morgan fingerprint density at radius 1 is 0.660 bits per heavy atom. The van der Waals surface area contributed by atoms with Crippen LogP contribution in [0.3, 0.4) is 0 Å². The van der Waals surface area contributed by atoms with Crippen molar-refractivity contribution >= 4 is 33.5 Å². The fourth-order valence-corrected chi connectivity index (χ4v) is 7.00. The minimum absolute atomic E-state index is 0.336. The van der Waals surface area contributed by atoms with Gasteiger partial charge in [0.1, 0.15) is 0 Å². The zero-order valence-electron chi connectivity index (χ0n) is 27.2. The molecule has 1 unspecified atom stereocenters. The van der Waals surface area contributed by atoms with E-state index in [1.807, 2.05) is 6.08 Å². The molecule has 2 heteroatoms. The molecule has 0 amide bonds. The summed E-state index contributed by atoms with van der Waals surface area (Å²) < 4.78 is 0. The van der Waals surface area contributed by atoms with Crippen molar-refractivity contribution in [2.24, 2.45) is 0 Å². The van der Waals surface area contributed by atoms with E-state index in [-0.39, 0.29) is 0 Å². The lowest BCUT2D eigenvalue weighted by Gasteiger charge is -2.36. The number of para-hydroxylation sites is 1. The molecule has 5 aromatic carbocycles. The van der Waals surface area contributed by atoms with Crippen molar-refractivity contribution in [2.45, 2.75) is 45.1 Å². The summed E-state index contributed by atoms with van der Waals surface area (Å²) in [7, 11) is 0. The number of fused-ring (bicyclic) bond motifs is 1. The number of anilines is 4. The molecular weight excluding hydrogens is 569 g/mol. The van der Waals surface area contributed by atoms with Crippen LogP contribution in [-0.2, 0) is 0 Å². The van der Waals surface area contributed by atoms with Gasteiger partial charge in [-0.25, -0.2) is 0 Å². The quantitative estimate of drug-likeness (QED) is 0.145. The second kappa shape index (κ2) is 14.0. The second-order valence-electron chi connectivity index (χ2n) is 12.5. The normalized spacial score (nSPS) is 15.0. The van der Waals surface area contributed by atoms with Crippen LogP contribution in [0.5, 0.6) is 0 Å². The maximum atomic E-state index is 3.86. The molecule has 2 aliphatic rings. The van der Waals surface area contributed by atoms with Crippen molar-refractivity contribution in [3.05, 3.63) is 181 Å². The van der Waals surface area contributed by atoms with Gasteiger partial charge in [-0.1, -0.05) is 110 Å². The average molecular weight is 611 g/mol. The number of benzene rings is 5. The van der Waals surface area contributed by atoms with Gasteiger partial charge in [0.15, 0.2) is 0 Å². The molecule has 0 spiro atoms. The van der Waals surface area contributed by atoms with Gasteiger partial charge >= 0.3 is 0 Å². The van der Waals surface area contributed by atoms with Crippen LogP contribution in [0.1, 0.15) is 39.0 Å². The highest BCUT2D eigenvalue weighted by atomic mass is 15.2. The molecule has 7 rings (SSSR count). The van der Waals surface area contributed by atoms with E-state index in [1.54, 1.807) is 0 Å². The van der Waals surface area contributed by atoms with Gasteiger partial charge in [-0.3, -0.25) is 0 Å². The van der Waals surface area contributed by atoms with Gasteiger partial charge in [0, 0.05) is 34.5 Å². The largest absolute Gasteiger partial charge is 0.342 e. The molecule has 0 saturated carbocycles. The molecule has 2 aliphatic carbocycles. The Hall–Kier alpha value is -5.34. The molecule has 0 N–H and O–H groups in total. The Balaban J connectivity index is 1.18. The zero-order chi connectivity index (χ0) is 32.0. The third kappa shape index (κ3) is 6.64. The first-order valence-corrected chi connectivity index (χ1v) is 16.9. The van der Waals surface area contributed by atoms with Crippen molar-refractivity contribution in [3.63, 3.8) is 0 Å². The zero-order valence-corrected chi connectivity index (χ0v) is 27.2. The third-order valence-electron chi connectivity index (χ3n) is 9.41. The van der Waals surface area contributed by atoms with Crippen LogP contribution in [0.2, 0.25) is 0 Å². The summed E-state index contributed by atoms with van der Waals surface area (Å²) >= 11 is 0. The number of hydrogen-bond donors (Lipinski definition) is 0. The molecule has 0 fully saturated rings. The third-order valence-corrected chi connectivity index (χ3v) is 9.41. The van der Waals surface area contributed by atoms with Crippen LogP contribution < -0.4 is 9.80 Å². The Morgan fingerprint density at radius 3 is 2.06 bits per heavy atom. The van der Waals surface area contributed by atoms with Gasteiger partial charge in [0.25, 0.3) is 0 Å². The lowest BCUT2D eigenvalue weighted by atomic mass is 9.88. The molecule has 1 atom stereocenters. The molecular formula is C45H42N2. The Morgan fingerprint density at radius 2 is 1.32 bits per heavy atom. The summed E-state index contributed by atoms with van der Waals surface area (Å²) in [6, 6.07) is 44.3. The van der Waals surface area contributed by atoms with Crippen LogP contribution in [0.25, 0.3) is 21.9 Å². The molecule has 232 valence electrons. The highest BCUT2D eigenvalue weighted by molar-refractivity contribution is 5.89. The fraction of sp³-hybridized carbons (Fsp3) is 0.156. The minimum Gasteiger partial charge on any atom is -0.342 e. The monoisotopic (exact) mass is 610 g/mol. The molecule has 0 radical (unpaired) electrons. The Labute approximate surface area is 280 Å². The maximum Gasteiger partial charge on any atom is 0.0468 e. The van der Waals surface area contributed by atoms with E-state index in [2.05, 4.69) is 175 Å². The summed E-state index contributed by atoms with van der Waals surface area (Å²) in [5.74, 6) is 0. The predicted octanol–water partition coefficient (Wildman–Crippen LogP) is 12.6. The predicted molar refractivity (Wildman–Crippen MR) is 203 cm³/mol. The Bertz CT molecular complexity index is 1970. The highest BCUT2D eigenvalue weighted by Crippen LogP contribution is 2.39. The number of rotatable bonds is 10. The molecule has 5 aromatic rings. The standard InChI is InChI=1S/C45H42N2/c1-3-4-6-13-34(2)46(44-30-24-35-14-9-11-16-39(35)32-44)42-26-20-37(21-27-42)38-22-28-43(29-23-38)47(41-18-7-5-8-19-41)45-31-25-36-15-10-12-17-40(36)33-45/h3-10,12,14-15,17-23,25-29,31-34H,1,11,13,16,24,30H2,2H3/b6-4-. The van der Waals surface area contributed by atoms with E-state index in [0.29, 0.717) is 6.04 Å². The molecule has 0 saturated heterocycles. The Kier molecular flexibility index (Phi) is 9.01. The van der Waals surface area contributed by atoms with Gasteiger partial charge < -0.3 is 9.80 Å². The van der Waals surface area contributed by atoms with E-state index in [4.69, 9.17) is 0 Å². The summed E-state index contributed by atoms with van der Waals surface area (Å²) in [5, 5.41) is 2.48. The van der Waals surface area contributed by atoms with E-state index in [9.17, 15) is 0 Å². The number of hydrogen-bond acceptors (Lipinski definition) is 2. The first-order chi connectivity index (χ1) is 23.2. The summed E-state index contributed by atoms with van der Waals surface area (Å²) in [5.41, 5.74) is 11.5. The molecule has 2 nitrogen and oxygen atoms in total. The van der Waals surface area contributed by atoms with Gasteiger partial charge in [-0.2, -0.15) is 0 Å². The van der Waals surface area contributed by atoms with Crippen LogP contribution in [-0.4, -0.2) is 6.04 Å². The first-order valence-electron chi connectivity index (χ1n) is 16.9. The smallest absolute Gasteiger partial charge is 0.0468 e. The van der Waals surface area contributed by atoms with Crippen LogP contribution in [0.4, 0.5) is 22.7 Å². The van der Waals surface area contributed by atoms with Gasteiger partial charge in [0.05, 0.1) is 0 Å². The van der Waals surface area contributed by atoms with E-state index >= 15 is 0 Å². The molecule has 0 aliphatic heterocycles. The minimum atomic E-state index is 0.336. The summed E-state index contributed by atoms with van der Waals surface area (Å²) in [6.07, 6.45) is 18.7. The SMILES string of the molecule is C=C/C=C\CC(C)N(C1=CC2=C(C=CCC2)CC1)c1ccc(-c2ccc(N(c3ccccc3)c3ccc4ccccc4c3)cc2)cc1. The maximum absolute atomic E-state index is 3.86. The van der Waals surface area contributed by atoms with E-state index in [0.717, 1.165) is 49.2 Å². The van der Waals surface area contributed by atoms with Crippen LogP contribution in [0.15, 0.2) is 181 Å². The highest BCUT2D eigenvalue weighted by Gasteiger charge is 2.23. The lowest BCUT2D eigenvalue weighted by molar-refractivity contribution is 0.666. The topological polar surface area (TPSA) is 6.48 Å². The van der Waals surface area contributed by atoms with Gasteiger partial charge in [0.2, 0.25) is 0 Å². The number of allylic oxidation sites excluding steroid dienone is 8. The van der Waals surface area contributed by atoms with Gasteiger partial charge in [-0.15, -0.1) is 0 Å². The lowest BCUT2D eigenvalue weighted by Crippen LogP contribution is -2.33. The molecule has 0 aromatic heterocycles. The van der Waals surface area contributed by atoms with Crippen molar-refractivity contribution in [1.82, 2.24) is 0 Å². The second-order valence-corrected chi connectivity index (χ2v) is 12.5. The fourth-order valence-electron chi connectivity index (χ4n) is 7.00. The van der Waals surface area contributed by atoms with Gasteiger partial charge in [-0.05, 0) is 127 Å². The van der Waals surface area contributed by atoms with Crippen molar-refractivity contribution in [3.8, 4) is 11.1 Å². The molecule has 47 heavy (non-hydrogen) atoms. The molecule has 0 bridgehead atoms. The summed E-state index contributed by atoms with van der Waals surface area (Å²) in [4.78, 5) is 4.89. The summed E-state index contributed by atoms with van der Waals surface area (Å²) in [6.45, 7) is 6.20. The van der Waals surface area contributed by atoms with E-state index in [1.165, 1.54) is 44.4 Å². The van der Waals surface area contributed by atoms with Crippen molar-refractivity contribution < 1.29 is 0 Å².